The van der Waals surface area contributed by atoms with Crippen LogP contribution in [0, 0.1) is 0 Å². The largest absolute Gasteiger partial charge is 0.392 e. The molecular formula is C18H23N7O. The molecule has 1 aliphatic rings. The van der Waals surface area contributed by atoms with Gasteiger partial charge in [-0.15, -0.1) is 0 Å². The Balaban J connectivity index is 1.67. The minimum absolute atomic E-state index is 0.255. The Bertz CT molecular complexity index is 907. The minimum Gasteiger partial charge on any atom is -0.392 e. The SMILES string of the molecule is CC(O)CNC1CCN(c2ccnc3[nH]cc(-c4ccnc(N)n4)c23)C1. The molecule has 1 aliphatic heterocycles. The maximum atomic E-state index is 9.48. The van der Waals surface area contributed by atoms with Crippen molar-refractivity contribution in [3.8, 4) is 11.3 Å². The first-order valence-corrected chi connectivity index (χ1v) is 8.83. The second-order valence-electron chi connectivity index (χ2n) is 6.74. The number of nitrogens with zero attached hydrogens (tertiary/aromatic N) is 4. The van der Waals surface area contributed by atoms with E-state index in [-0.39, 0.29) is 12.1 Å². The number of anilines is 2. The topological polar surface area (TPSA) is 116 Å². The molecule has 4 heterocycles. The molecule has 2 atom stereocenters. The van der Waals surface area contributed by atoms with Crippen molar-refractivity contribution in [3.05, 3.63) is 30.7 Å². The molecule has 26 heavy (non-hydrogen) atoms. The zero-order valence-electron chi connectivity index (χ0n) is 14.7. The molecule has 0 bridgehead atoms. The lowest BCUT2D eigenvalue weighted by Gasteiger charge is -2.21. The van der Waals surface area contributed by atoms with Gasteiger partial charge in [0, 0.05) is 49.8 Å². The van der Waals surface area contributed by atoms with Crippen LogP contribution in [0.5, 0.6) is 0 Å². The average molecular weight is 353 g/mol. The van der Waals surface area contributed by atoms with Crippen molar-refractivity contribution in [3.63, 3.8) is 0 Å². The van der Waals surface area contributed by atoms with Gasteiger partial charge in [-0.05, 0) is 25.5 Å². The molecule has 8 nitrogen and oxygen atoms in total. The van der Waals surface area contributed by atoms with E-state index in [0.717, 1.165) is 47.5 Å². The van der Waals surface area contributed by atoms with Gasteiger partial charge in [0.25, 0.3) is 0 Å². The van der Waals surface area contributed by atoms with Gasteiger partial charge >= 0.3 is 0 Å². The van der Waals surface area contributed by atoms with Gasteiger partial charge in [-0.2, -0.15) is 0 Å². The standard InChI is InChI=1S/C18H23N7O/c1-11(26)8-22-12-4-7-25(10-12)15-3-6-20-17-16(15)13(9-23-17)14-2-5-21-18(19)24-14/h2-3,5-6,9,11-12,22,26H,4,7-8,10H2,1H3,(H,20,23)(H2,19,21,24). The van der Waals surface area contributed by atoms with E-state index in [4.69, 9.17) is 5.73 Å². The summed E-state index contributed by atoms with van der Waals surface area (Å²) in [5.41, 5.74) is 9.46. The Morgan fingerprint density at radius 1 is 1.38 bits per heavy atom. The highest BCUT2D eigenvalue weighted by molar-refractivity contribution is 6.02. The van der Waals surface area contributed by atoms with E-state index in [1.165, 1.54) is 0 Å². The van der Waals surface area contributed by atoms with E-state index in [9.17, 15) is 5.11 Å². The molecule has 2 unspecified atom stereocenters. The summed E-state index contributed by atoms with van der Waals surface area (Å²) in [6.45, 7) is 4.25. The molecule has 1 fully saturated rings. The number of aliphatic hydroxyl groups excluding tert-OH is 1. The van der Waals surface area contributed by atoms with Crippen molar-refractivity contribution in [2.75, 3.05) is 30.3 Å². The van der Waals surface area contributed by atoms with E-state index in [1.54, 1.807) is 13.1 Å². The molecule has 0 aliphatic carbocycles. The third kappa shape index (κ3) is 3.21. The fraction of sp³-hybridized carbons (Fsp3) is 0.389. The zero-order valence-corrected chi connectivity index (χ0v) is 14.7. The highest BCUT2D eigenvalue weighted by atomic mass is 16.3. The molecule has 8 heteroatoms. The summed E-state index contributed by atoms with van der Waals surface area (Å²) in [7, 11) is 0. The number of hydrogen-bond donors (Lipinski definition) is 4. The molecule has 0 spiro atoms. The van der Waals surface area contributed by atoms with Crippen LogP contribution in [0.4, 0.5) is 11.6 Å². The predicted octanol–water partition coefficient (Wildman–Crippen LogP) is 1.15. The second kappa shape index (κ2) is 6.89. The van der Waals surface area contributed by atoms with Crippen molar-refractivity contribution >= 4 is 22.7 Å². The van der Waals surface area contributed by atoms with E-state index in [0.29, 0.717) is 12.6 Å². The Labute approximate surface area is 151 Å². The maximum absolute atomic E-state index is 9.48. The average Bonchev–Trinajstić information content (AvgIpc) is 3.27. The molecule has 136 valence electrons. The highest BCUT2D eigenvalue weighted by Crippen LogP contribution is 2.35. The van der Waals surface area contributed by atoms with Gasteiger partial charge in [0.1, 0.15) is 5.65 Å². The molecular weight excluding hydrogens is 330 g/mol. The molecule has 3 aromatic heterocycles. The molecule has 0 saturated carbocycles. The number of pyridine rings is 1. The normalized spacial score (nSPS) is 18.5. The van der Waals surface area contributed by atoms with Gasteiger partial charge in [0.15, 0.2) is 0 Å². The van der Waals surface area contributed by atoms with Crippen LogP contribution in [-0.4, -0.2) is 56.8 Å². The smallest absolute Gasteiger partial charge is 0.220 e. The number of nitrogens with one attached hydrogen (secondary N) is 2. The van der Waals surface area contributed by atoms with Crippen molar-refractivity contribution in [2.45, 2.75) is 25.5 Å². The lowest BCUT2D eigenvalue weighted by atomic mass is 10.1. The van der Waals surface area contributed by atoms with Crippen molar-refractivity contribution in [2.24, 2.45) is 0 Å². The Morgan fingerprint density at radius 3 is 3.04 bits per heavy atom. The number of aromatic amines is 1. The van der Waals surface area contributed by atoms with Gasteiger partial charge in [-0.3, -0.25) is 0 Å². The lowest BCUT2D eigenvalue weighted by molar-refractivity contribution is 0.187. The summed E-state index contributed by atoms with van der Waals surface area (Å²) >= 11 is 0. The number of nitrogen functional groups attached to an aromatic ring is 1. The summed E-state index contributed by atoms with van der Waals surface area (Å²) in [5, 5.41) is 14.0. The van der Waals surface area contributed by atoms with Gasteiger partial charge < -0.3 is 26.0 Å². The number of aliphatic hydroxyl groups is 1. The first kappa shape index (κ1) is 16.7. The fourth-order valence-corrected chi connectivity index (χ4v) is 3.51. The van der Waals surface area contributed by atoms with Crippen LogP contribution in [0.1, 0.15) is 13.3 Å². The van der Waals surface area contributed by atoms with Crippen LogP contribution >= 0.6 is 0 Å². The van der Waals surface area contributed by atoms with Crippen LogP contribution < -0.4 is 16.0 Å². The Kier molecular flexibility index (Phi) is 4.44. The van der Waals surface area contributed by atoms with Gasteiger partial charge in [-0.1, -0.05) is 0 Å². The highest BCUT2D eigenvalue weighted by Gasteiger charge is 2.25. The molecule has 5 N–H and O–H groups in total. The Morgan fingerprint density at radius 2 is 2.23 bits per heavy atom. The quantitative estimate of drug-likeness (QED) is 0.544. The van der Waals surface area contributed by atoms with Gasteiger partial charge in [-0.25, -0.2) is 15.0 Å². The van der Waals surface area contributed by atoms with E-state index in [2.05, 4.69) is 30.2 Å². The monoisotopic (exact) mass is 353 g/mol. The fourth-order valence-electron chi connectivity index (χ4n) is 3.51. The van der Waals surface area contributed by atoms with Gasteiger partial charge in [0.2, 0.25) is 5.95 Å². The minimum atomic E-state index is -0.337. The number of H-pyrrole nitrogens is 1. The van der Waals surface area contributed by atoms with E-state index < -0.39 is 0 Å². The molecule has 0 aromatic carbocycles. The summed E-state index contributed by atoms with van der Waals surface area (Å²) in [6, 6.07) is 4.26. The van der Waals surface area contributed by atoms with Crippen LogP contribution in [0.3, 0.4) is 0 Å². The molecule has 3 aromatic rings. The third-order valence-electron chi connectivity index (χ3n) is 4.73. The maximum Gasteiger partial charge on any atom is 0.220 e. The number of rotatable bonds is 5. The van der Waals surface area contributed by atoms with Crippen LogP contribution in [0.15, 0.2) is 30.7 Å². The summed E-state index contributed by atoms with van der Waals surface area (Å²) in [4.78, 5) is 18.4. The Hall–Kier alpha value is -2.71. The van der Waals surface area contributed by atoms with Crippen LogP contribution in [0.25, 0.3) is 22.3 Å². The number of nitrogens with two attached hydrogens (primary N) is 1. The number of hydrogen-bond acceptors (Lipinski definition) is 7. The summed E-state index contributed by atoms with van der Waals surface area (Å²) in [6.07, 6.45) is 6.11. The molecule has 4 rings (SSSR count). The number of fused-ring (bicyclic) bond motifs is 1. The van der Waals surface area contributed by atoms with Gasteiger partial charge in [0.05, 0.1) is 22.9 Å². The first-order chi connectivity index (χ1) is 12.6. The van der Waals surface area contributed by atoms with E-state index in [1.807, 2.05) is 24.5 Å². The zero-order chi connectivity index (χ0) is 18.1. The predicted molar refractivity (Wildman–Crippen MR) is 102 cm³/mol. The second-order valence-corrected chi connectivity index (χ2v) is 6.74. The first-order valence-electron chi connectivity index (χ1n) is 8.83. The lowest BCUT2D eigenvalue weighted by Crippen LogP contribution is -2.36. The van der Waals surface area contributed by atoms with Crippen molar-refractivity contribution in [1.29, 1.82) is 0 Å². The molecule has 0 radical (unpaired) electrons. The van der Waals surface area contributed by atoms with Crippen molar-refractivity contribution < 1.29 is 5.11 Å². The van der Waals surface area contributed by atoms with Crippen LogP contribution in [0.2, 0.25) is 0 Å². The summed E-state index contributed by atoms with van der Waals surface area (Å²) in [5.74, 6) is 0.255. The summed E-state index contributed by atoms with van der Waals surface area (Å²) < 4.78 is 0. The third-order valence-corrected chi connectivity index (χ3v) is 4.73. The van der Waals surface area contributed by atoms with Crippen molar-refractivity contribution in [1.82, 2.24) is 25.3 Å². The number of aromatic nitrogens is 4. The van der Waals surface area contributed by atoms with E-state index >= 15 is 0 Å². The molecule has 0 amide bonds. The van der Waals surface area contributed by atoms with Crippen LogP contribution in [-0.2, 0) is 0 Å². The molecule has 1 saturated heterocycles.